The second-order valence-corrected chi connectivity index (χ2v) is 3.21. The largest absolute Gasteiger partial charge is 0.390 e. The first-order valence-electron chi connectivity index (χ1n) is 3.27. The van der Waals surface area contributed by atoms with Gasteiger partial charge in [-0.3, -0.25) is 4.79 Å². The minimum atomic E-state index is -0.782. The van der Waals surface area contributed by atoms with E-state index in [2.05, 4.69) is 0 Å². The van der Waals surface area contributed by atoms with Crippen LogP contribution in [0.5, 0.6) is 0 Å². The number of Topliss-reactive ketones (excluding diaryl/α,β-unsaturated/α-hetero) is 1. The number of carbonyl (C=O) groups is 1. The Hall–Kier alpha value is -0.370. The fraction of sp³-hybridized carbons (Fsp3) is 0.857. The fourth-order valence-electron chi connectivity index (χ4n) is 1.15. The third-order valence-electron chi connectivity index (χ3n) is 1.92. The van der Waals surface area contributed by atoms with Gasteiger partial charge in [-0.15, -0.1) is 0 Å². The van der Waals surface area contributed by atoms with Gasteiger partial charge in [0.1, 0.15) is 5.78 Å². The first-order valence-corrected chi connectivity index (χ1v) is 3.27. The zero-order valence-corrected chi connectivity index (χ0v) is 5.85. The molecule has 1 saturated carbocycles. The zero-order chi connectivity index (χ0) is 7.07. The highest BCUT2D eigenvalue weighted by Gasteiger charge is 2.39. The van der Waals surface area contributed by atoms with Crippen molar-refractivity contribution in [3.05, 3.63) is 0 Å². The summed E-state index contributed by atoms with van der Waals surface area (Å²) in [4.78, 5) is 10.7. The van der Waals surface area contributed by atoms with Crippen molar-refractivity contribution in [1.29, 1.82) is 0 Å². The Bertz CT molecular complexity index is 132. The van der Waals surface area contributed by atoms with E-state index in [1.165, 1.54) is 0 Å². The molecule has 1 N–H and O–H groups in total. The molecule has 0 aromatic carbocycles. The summed E-state index contributed by atoms with van der Waals surface area (Å²) in [6, 6.07) is 0. The summed E-state index contributed by atoms with van der Waals surface area (Å²) in [5.74, 6) is 0.125. The van der Waals surface area contributed by atoms with Crippen LogP contribution in [-0.2, 0) is 4.79 Å². The molecule has 52 valence electrons. The predicted molar refractivity (Wildman–Crippen MR) is 34.0 cm³/mol. The molecule has 0 aromatic rings. The lowest BCUT2D eigenvalue weighted by atomic mass is 9.73. The van der Waals surface area contributed by atoms with Crippen molar-refractivity contribution in [3.63, 3.8) is 0 Å². The molecular formula is C7H12O2. The number of carbonyl (C=O) groups excluding carboxylic acids is 1. The molecule has 0 aromatic heterocycles. The number of aliphatic hydroxyl groups is 1. The SMILES string of the molecule is CC(C)(O)C1CCC1=O. The van der Waals surface area contributed by atoms with Crippen LogP contribution in [0.2, 0.25) is 0 Å². The van der Waals surface area contributed by atoms with E-state index >= 15 is 0 Å². The lowest BCUT2D eigenvalue weighted by Gasteiger charge is -2.34. The minimum Gasteiger partial charge on any atom is -0.390 e. The Morgan fingerprint density at radius 1 is 1.67 bits per heavy atom. The van der Waals surface area contributed by atoms with Crippen LogP contribution in [-0.4, -0.2) is 16.5 Å². The van der Waals surface area contributed by atoms with E-state index in [-0.39, 0.29) is 11.7 Å². The zero-order valence-electron chi connectivity index (χ0n) is 5.85. The molecule has 0 spiro atoms. The molecule has 1 aliphatic carbocycles. The molecule has 1 aliphatic rings. The van der Waals surface area contributed by atoms with Gasteiger partial charge in [-0.25, -0.2) is 0 Å². The van der Waals surface area contributed by atoms with Crippen molar-refractivity contribution in [2.24, 2.45) is 5.92 Å². The second kappa shape index (κ2) is 1.81. The van der Waals surface area contributed by atoms with E-state index in [9.17, 15) is 9.90 Å². The molecule has 0 heterocycles. The fourth-order valence-corrected chi connectivity index (χ4v) is 1.15. The van der Waals surface area contributed by atoms with Crippen molar-refractivity contribution < 1.29 is 9.90 Å². The number of ketones is 1. The summed E-state index contributed by atoms with van der Waals surface area (Å²) in [7, 11) is 0. The van der Waals surface area contributed by atoms with Crippen LogP contribution < -0.4 is 0 Å². The molecule has 1 fully saturated rings. The van der Waals surface area contributed by atoms with Crippen molar-refractivity contribution in [2.45, 2.75) is 32.3 Å². The molecule has 2 nitrogen and oxygen atoms in total. The number of rotatable bonds is 1. The summed E-state index contributed by atoms with van der Waals surface area (Å²) in [6.07, 6.45) is 1.52. The van der Waals surface area contributed by atoms with Crippen LogP contribution in [0.25, 0.3) is 0 Å². The predicted octanol–water partition coefficient (Wildman–Crippen LogP) is 0.736. The Kier molecular flexibility index (Phi) is 1.35. The molecule has 0 saturated heterocycles. The minimum absolute atomic E-state index is 0.0856. The van der Waals surface area contributed by atoms with Gasteiger partial charge < -0.3 is 5.11 Å². The number of hydrogen-bond acceptors (Lipinski definition) is 2. The van der Waals surface area contributed by atoms with Crippen molar-refractivity contribution in [2.75, 3.05) is 0 Å². The Balaban J connectivity index is 2.54. The number of hydrogen-bond donors (Lipinski definition) is 1. The van der Waals surface area contributed by atoms with Gasteiger partial charge in [0, 0.05) is 12.3 Å². The van der Waals surface area contributed by atoms with Crippen LogP contribution in [0.4, 0.5) is 0 Å². The first-order chi connectivity index (χ1) is 4.02. The smallest absolute Gasteiger partial charge is 0.138 e. The van der Waals surface area contributed by atoms with E-state index < -0.39 is 5.60 Å². The first kappa shape index (κ1) is 6.75. The maximum absolute atomic E-state index is 10.7. The average Bonchev–Trinajstić information content (AvgIpc) is 1.57. The molecule has 0 bridgehead atoms. The molecule has 9 heavy (non-hydrogen) atoms. The molecule has 0 amide bonds. The van der Waals surface area contributed by atoms with Crippen LogP contribution in [0, 0.1) is 5.92 Å². The molecule has 1 unspecified atom stereocenters. The highest BCUT2D eigenvalue weighted by Crippen LogP contribution is 2.32. The van der Waals surface area contributed by atoms with Gasteiger partial charge >= 0.3 is 0 Å². The summed E-state index contributed by atoms with van der Waals surface area (Å²) in [6.45, 7) is 3.38. The Morgan fingerprint density at radius 3 is 2.22 bits per heavy atom. The highest BCUT2D eigenvalue weighted by molar-refractivity contribution is 5.87. The molecule has 0 radical (unpaired) electrons. The van der Waals surface area contributed by atoms with Crippen molar-refractivity contribution >= 4 is 5.78 Å². The van der Waals surface area contributed by atoms with E-state index in [1.54, 1.807) is 13.8 Å². The summed E-state index contributed by atoms with van der Waals surface area (Å²) >= 11 is 0. The Morgan fingerprint density at radius 2 is 2.22 bits per heavy atom. The highest BCUT2D eigenvalue weighted by atomic mass is 16.3. The lowest BCUT2D eigenvalue weighted by Crippen LogP contribution is -2.43. The van der Waals surface area contributed by atoms with E-state index in [0.29, 0.717) is 6.42 Å². The normalized spacial score (nSPS) is 27.9. The maximum atomic E-state index is 10.7. The van der Waals surface area contributed by atoms with Crippen LogP contribution in [0.3, 0.4) is 0 Å². The van der Waals surface area contributed by atoms with Crippen LogP contribution in [0.1, 0.15) is 26.7 Å². The molecular weight excluding hydrogens is 116 g/mol. The third-order valence-corrected chi connectivity index (χ3v) is 1.92. The summed E-state index contributed by atoms with van der Waals surface area (Å²) in [5.41, 5.74) is -0.782. The van der Waals surface area contributed by atoms with Gasteiger partial charge in [0.05, 0.1) is 5.60 Å². The van der Waals surface area contributed by atoms with E-state index in [4.69, 9.17) is 0 Å². The standard InChI is InChI=1S/C7H12O2/c1-7(2,9)5-3-4-6(5)8/h5,9H,3-4H2,1-2H3. The topological polar surface area (TPSA) is 37.3 Å². The average molecular weight is 128 g/mol. The summed E-state index contributed by atoms with van der Waals surface area (Å²) < 4.78 is 0. The quantitative estimate of drug-likeness (QED) is 0.565. The van der Waals surface area contributed by atoms with Gasteiger partial charge in [-0.05, 0) is 20.3 Å². The van der Waals surface area contributed by atoms with Crippen molar-refractivity contribution in [3.8, 4) is 0 Å². The molecule has 1 rings (SSSR count). The van der Waals surface area contributed by atoms with Gasteiger partial charge in [0.15, 0.2) is 0 Å². The second-order valence-electron chi connectivity index (χ2n) is 3.21. The van der Waals surface area contributed by atoms with E-state index in [0.717, 1.165) is 6.42 Å². The van der Waals surface area contributed by atoms with Gasteiger partial charge in [-0.1, -0.05) is 0 Å². The maximum Gasteiger partial charge on any atom is 0.138 e. The van der Waals surface area contributed by atoms with Crippen molar-refractivity contribution in [1.82, 2.24) is 0 Å². The third kappa shape index (κ3) is 1.13. The van der Waals surface area contributed by atoms with Gasteiger partial charge in [0.25, 0.3) is 0 Å². The van der Waals surface area contributed by atoms with Crippen LogP contribution in [0.15, 0.2) is 0 Å². The molecule has 1 atom stereocenters. The molecule has 0 aliphatic heterocycles. The Labute approximate surface area is 54.9 Å². The van der Waals surface area contributed by atoms with Crippen LogP contribution >= 0.6 is 0 Å². The van der Waals surface area contributed by atoms with Gasteiger partial charge in [0.2, 0.25) is 0 Å². The summed E-state index contributed by atoms with van der Waals surface area (Å²) in [5, 5.41) is 9.29. The molecule has 2 heteroatoms. The van der Waals surface area contributed by atoms with Gasteiger partial charge in [-0.2, -0.15) is 0 Å². The lowest BCUT2D eigenvalue weighted by molar-refractivity contribution is -0.139. The van der Waals surface area contributed by atoms with E-state index in [1.807, 2.05) is 0 Å². The monoisotopic (exact) mass is 128 g/mol.